The number of sulfonamides is 1. The number of aromatic nitrogens is 1. The van der Waals surface area contributed by atoms with Crippen LogP contribution in [0.3, 0.4) is 0 Å². The molecule has 1 atom stereocenters. The molecule has 3 rings (SSSR count). The Morgan fingerprint density at radius 3 is 2.65 bits per heavy atom. The average Bonchev–Trinajstić information content (AvgIpc) is 3.07. The first kappa shape index (κ1) is 16.4. The summed E-state index contributed by atoms with van der Waals surface area (Å²) >= 11 is 0. The summed E-state index contributed by atoms with van der Waals surface area (Å²) in [6, 6.07) is 5.25. The fourth-order valence-electron chi connectivity index (χ4n) is 3.40. The molecule has 1 aromatic heterocycles. The number of amides is 1. The zero-order valence-corrected chi connectivity index (χ0v) is 14.0. The van der Waals surface area contributed by atoms with Gasteiger partial charge in [-0.25, -0.2) is 13.1 Å². The Morgan fingerprint density at radius 1 is 1.17 bits per heavy atom. The lowest BCUT2D eigenvalue weighted by atomic mass is 10.1. The van der Waals surface area contributed by atoms with Gasteiger partial charge in [0, 0.05) is 25.3 Å². The van der Waals surface area contributed by atoms with Crippen molar-refractivity contribution in [2.24, 2.45) is 0 Å². The van der Waals surface area contributed by atoms with Crippen molar-refractivity contribution in [3.05, 3.63) is 30.1 Å². The smallest absolute Gasteiger partial charge is 0.272 e. The first-order chi connectivity index (χ1) is 11.1. The van der Waals surface area contributed by atoms with Crippen LogP contribution in [0.5, 0.6) is 0 Å². The maximum absolute atomic E-state index is 12.6. The number of carbonyl (C=O) groups excluding carboxylic acids is 1. The summed E-state index contributed by atoms with van der Waals surface area (Å²) < 4.78 is 28.0. The Labute approximate surface area is 137 Å². The van der Waals surface area contributed by atoms with Crippen LogP contribution in [0, 0.1) is 0 Å². The van der Waals surface area contributed by atoms with Gasteiger partial charge in [-0.15, -0.1) is 0 Å². The van der Waals surface area contributed by atoms with Gasteiger partial charge >= 0.3 is 0 Å². The third kappa shape index (κ3) is 3.90. The van der Waals surface area contributed by atoms with Crippen molar-refractivity contribution in [3.63, 3.8) is 0 Å². The van der Waals surface area contributed by atoms with E-state index in [0.29, 0.717) is 25.1 Å². The van der Waals surface area contributed by atoms with E-state index in [1.807, 2.05) is 0 Å². The molecule has 23 heavy (non-hydrogen) atoms. The van der Waals surface area contributed by atoms with Crippen LogP contribution in [0.1, 0.15) is 49.0 Å². The van der Waals surface area contributed by atoms with Gasteiger partial charge in [0.25, 0.3) is 5.91 Å². The zero-order chi connectivity index (χ0) is 16.3. The van der Waals surface area contributed by atoms with E-state index < -0.39 is 15.3 Å². The van der Waals surface area contributed by atoms with E-state index in [-0.39, 0.29) is 18.5 Å². The van der Waals surface area contributed by atoms with Gasteiger partial charge in [-0.2, -0.15) is 0 Å². The van der Waals surface area contributed by atoms with Crippen molar-refractivity contribution in [1.29, 1.82) is 0 Å². The van der Waals surface area contributed by atoms with Gasteiger partial charge in [0.1, 0.15) is 5.69 Å². The second kappa shape index (κ2) is 6.97. The molecule has 2 fully saturated rings. The van der Waals surface area contributed by atoms with Gasteiger partial charge in [0.05, 0.1) is 5.25 Å². The van der Waals surface area contributed by atoms with Gasteiger partial charge in [-0.05, 0) is 37.8 Å². The van der Waals surface area contributed by atoms with Crippen molar-refractivity contribution in [1.82, 2.24) is 14.6 Å². The van der Waals surface area contributed by atoms with Crippen molar-refractivity contribution in [2.45, 2.75) is 49.8 Å². The second-order valence-electron chi connectivity index (χ2n) is 6.37. The summed E-state index contributed by atoms with van der Waals surface area (Å²) in [5.41, 5.74) is 0.370. The summed E-state index contributed by atoms with van der Waals surface area (Å²) in [5, 5.41) is -0.524. The molecule has 1 saturated heterocycles. The predicted molar refractivity (Wildman–Crippen MR) is 87.5 cm³/mol. The number of pyridine rings is 1. The molecule has 1 N–H and O–H groups in total. The number of piperidine rings is 1. The van der Waals surface area contributed by atoms with E-state index in [4.69, 9.17) is 0 Å². The van der Waals surface area contributed by atoms with Gasteiger partial charge in [-0.1, -0.05) is 18.9 Å². The number of nitrogens with zero attached hydrogens (tertiary/aromatic N) is 2. The molecule has 0 radical (unpaired) electrons. The van der Waals surface area contributed by atoms with E-state index in [2.05, 4.69) is 9.71 Å². The van der Waals surface area contributed by atoms with Crippen molar-refractivity contribution >= 4 is 15.9 Å². The molecule has 1 aliphatic carbocycles. The normalized spacial score (nSPS) is 23.1. The Kier molecular flexibility index (Phi) is 4.96. The summed E-state index contributed by atoms with van der Waals surface area (Å²) in [7, 11) is -3.38. The largest absolute Gasteiger partial charge is 0.336 e. The van der Waals surface area contributed by atoms with Gasteiger partial charge < -0.3 is 4.90 Å². The first-order valence-corrected chi connectivity index (χ1v) is 9.82. The highest BCUT2D eigenvalue weighted by atomic mass is 32.2. The molecular weight excluding hydrogens is 314 g/mol. The van der Waals surface area contributed by atoms with Gasteiger partial charge in [-0.3, -0.25) is 9.78 Å². The monoisotopic (exact) mass is 337 g/mol. The summed E-state index contributed by atoms with van der Waals surface area (Å²) in [6.07, 6.45) is 6.89. The molecule has 0 aromatic carbocycles. The quantitative estimate of drug-likeness (QED) is 0.904. The Bertz CT molecular complexity index is 642. The maximum Gasteiger partial charge on any atom is 0.272 e. The Balaban J connectivity index is 1.66. The molecule has 126 valence electrons. The van der Waals surface area contributed by atoms with Crippen LogP contribution >= 0.6 is 0 Å². The summed E-state index contributed by atoms with van der Waals surface area (Å²) in [6.45, 7) is 0.836. The van der Waals surface area contributed by atoms with Gasteiger partial charge in [0.15, 0.2) is 0 Å². The van der Waals surface area contributed by atoms with Crippen LogP contribution in [0.4, 0.5) is 0 Å². The molecule has 1 saturated carbocycles. The number of likely N-dealkylation sites (tertiary alicyclic amines) is 1. The highest BCUT2D eigenvalue weighted by molar-refractivity contribution is 7.90. The number of hydrogen-bond donors (Lipinski definition) is 1. The molecule has 2 aliphatic rings. The number of rotatable bonds is 4. The molecular formula is C16H23N3O3S. The lowest BCUT2D eigenvalue weighted by molar-refractivity contribution is 0.0720. The van der Waals surface area contributed by atoms with Crippen LogP contribution in [-0.4, -0.2) is 48.6 Å². The van der Waals surface area contributed by atoms with Crippen molar-refractivity contribution < 1.29 is 13.2 Å². The molecule has 1 aliphatic heterocycles. The molecule has 7 heteroatoms. The van der Waals surface area contributed by atoms with E-state index in [0.717, 1.165) is 25.7 Å². The predicted octanol–water partition coefficient (Wildman–Crippen LogP) is 1.55. The third-order valence-corrected chi connectivity index (χ3v) is 6.60. The minimum absolute atomic E-state index is 0.0712. The first-order valence-electron chi connectivity index (χ1n) is 8.28. The maximum atomic E-state index is 12.6. The summed E-state index contributed by atoms with van der Waals surface area (Å²) in [4.78, 5) is 18.1. The number of carbonyl (C=O) groups is 1. The molecule has 1 amide bonds. The molecule has 2 heterocycles. The molecule has 1 aromatic rings. The minimum atomic E-state index is -3.38. The lowest BCUT2D eigenvalue weighted by Gasteiger charge is -2.32. The SMILES string of the molecule is O=C(c1ccccn1)N1CCC[C@H](S(=O)(=O)NC2CCCC2)C1. The topological polar surface area (TPSA) is 79.4 Å². The van der Waals surface area contributed by atoms with Crippen LogP contribution in [0.2, 0.25) is 0 Å². The Hall–Kier alpha value is -1.47. The molecule has 0 unspecified atom stereocenters. The standard InChI is InChI=1S/C16H23N3O3S/c20-16(15-9-3-4-10-17-15)19-11-5-8-14(12-19)23(21,22)18-13-6-1-2-7-13/h3-4,9-10,13-14,18H,1-2,5-8,11-12H2/t14-/m0/s1. The van der Waals surface area contributed by atoms with Gasteiger partial charge in [0.2, 0.25) is 10.0 Å². The lowest BCUT2D eigenvalue weighted by Crippen LogP contribution is -2.50. The van der Waals surface area contributed by atoms with E-state index in [1.54, 1.807) is 29.3 Å². The highest BCUT2D eigenvalue weighted by Gasteiger charge is 2.34. The average molecular weight is 337 g/mol. The molecule has 0 bridgehead atoms. The van der Waals surface area contributed by atoms with Crippen LogP contribution < -0.4 is 4.72 Å². The second-order valence-corrected chi connectivity index (χ2v) is 8.37. The van der Waals surface area contributed by atoms with E-state index in [1.165, 1.54) is 0 Å². The number of nitrogens with one attached hydrogen (secondary N) is 1. The molecule has 0 spiro atoms. The fourth-order valence-corrected chi connectivity index (χ4v) is 5.15. The van der Waals surface area contributed by atoms with Crippen molar-refractivity contribution in [2.75, 3.05) is 13.1 Å². The van der Waals surface area contributed by atoms with Crippen molar-refractivity contribution in [3.8, 4) is 0 Å². The third-order valence-electron chi connectivity index (χ3n) is 4.67. The van der Waals surface area contributed by atoms with Crippen LogP contribution in [0.25, 0.3) is 0 Å². The van der Waals surface area contributed by atoms with E-state index >= 15 is 0 Å². The van der Waals surface area contributed by atoms with Crippen LogP contribution in [-0.2, 0) is 10.0 Å². The Morgan fingerprint density at radius 2 is 1.96 bits per heavy atom. The number of hydrogen-bond acceptors (Lipinski definition) is 4. The van der Waals surface area contributed by atoms with Crippen LogP contribution in [0.15, 0.2) is 24.4 Å². The highest BCUT2D eigenvalue weighted by Crippen LogP contribution is 2.22. The van der Waals surface area contributed by atoms with E-state index in [9.17, 15) is 13.2 Å². The fraction of sp³-hybridized carbons (Fsp3) is 0.625. The minimum Gasteiger partial charge on any atom is -0.336 e. The zero-order valence-electron chi connectivity index (χ0n) is 13.1. The summed E-state index contributed by atoms with van der Waals surface area (Å²) in [5.74, 6) is -0.189. The molecule has 6 nitrogen and oxygen atoms in total.